The number of amides is 1. The molecule has 0 spiro atoms. The first kappa shape index (κ1) is 30.2. The van der Waals surface area contributed by atoms with E-state index in [0.717, 1.165) is 29.2 Å². The molecule has 3 aromatic rings. The highest BCUT2D eigenvalue weighted by atomic mass is 16.5. The highest BCUT2D eigenvalue weighted by Gasteiger charge is 2.32. The number of carbonyl (C=O) groups is 2. The molecule has 8 heteroatoms. The van der Waals surface area contributed by atoms with Gasteiger partial charge < -0.3 is 19.3 Å². The van der Waals surface area contributed by atoms with E-state index in [1.807, 2.05) is 47.1 Å². The summed E-state index contributed by atoms with van der Waals surface area (Å²) in [6.45, 7) is 4.60. The van der Waals surface area contributed by atoms with E-state index in [2.05, 4.69) is 31.1 Å². The first-order valence-electron chi connectivity index (χ1n) is 14.8. The van der Waals surface area contributed by atoms with Gasteiger partial charge in [-0.1, -0.05) is 32.3 Å². The van der Waals surface area contributed by atoms with Gasteiger partial charge in [-0.25, -0.2) is 4.68 Å². The summed E-state index contributed by atoms with van der Waals surface area (Å²) < 4.78 is 12.4. The number of benzene rings is 2. The van der Waals surface area contributed by atoms with Crippen molar-refractivity contribution in [1.82, 2.24) is 14.7 Å². The van der Waals surface area contributed by atoms with E-state index in [0.29, 0.717) is 24.6 Å². The second-order valence-corrected chi connectivity index (χ2v) is 10.8. The molecule has 1 unspecified atom stereocenters. The molecular formula is C33H44N4O4. The summed E-state index contributed by atoms with van der Waals surface area (Å²) in [7, 11) is 5.55. The van der Waals surface area contributed by atoms with Crippen molar-refractivity contribution >= 4 is 17.6 Å². The van der Waals surface area contributed by atoms with Crippen LogP contribution in [0.3, 0.4) is 0 Å². The van der Waals surface area contributed by atoms with Crippen LogP contribution in [0.5, 0.6) is 5.75 Å². The monoisotopic (exact) mass is 560 g/mol. The number of rotatable bonds is 12. The number of hydrogen-bond donors (Lipinski definition) is 0. The molecular weight excluding hydrogens is 516 g/mol. The molecule has 4 rings (SSSR count). The Morgan fingerprint density at radius 2 is 1.78 bits per heavy atom. The lowest BCUT2D eigenvalue weighted by Gasteiger charge is -2.38. The highest BCUT2D eigenvalue weighted by molar-refractivity contribution is 5.94. The van der Waals surface area contributed by atoms with E-state index in [9.17, 15) is 9.59 Å². The van der Waals surface area contributed by atoms with Crippen molar-refractivity contribution in [2.75, 3.05) is 39.3 Å². The Hall–Kier alpha value is -3.81. The normalized spacial score (nSPS) is 14.4. The molecule has 1 aliphatic carbocycles. The third-order valence-corrected chi connectivity index (χ3v) is 8.13. The molecule has 0 radical (unpaired) electrons. The maximum Gasteiger partial charge on any atom is 0.307 e. The van der Waals surface area contributed by atoms with E-state index >= 15 is 0 Å². The van der Waals surface area contributed by atoms with E-state index in [-0.39, 0.29) is 24.3 Å². The Morgan fingerprint density at radius 1 is 1.05 bits per heavy atom. The lowest BCUT2D eigenvalue weighted by molar-refractivity contribution is -0.143. The van der Waals surface area contributed by atoms with Gasteiger partial charge in [0.05, 0.1) is 37.6 Å². The Labute approximate surface area is 244 Å². The van der Waals surface area contributed by atoms with Gasteiger partial charge in [-0.2, -0.15) is 5.10 Å². The van der Waals surface area contributed by atoms with Crippen molar-refractivity contribution in [2.24, 2.45) is 5.92 Å². The van der Waals surface area contributed by atoms with Gasteiger partial charge in [-0.3, -0.25) is 9.59 Å². The standard InChI is InChI=1S/C33H44N4O4/c1-6-30-29(23-37(34-30)27-14-11-15-28(22-27)40-5)32(24-12-9-8-10-13-24)36(4)26-18-16-25(17-19-26)33(39)35(3)21-20-31(38)41-7-2/h11,14-19,22-24,32H,6-10,12-13,20-21H2,1-5H3. The molecule has 0 N–H and O–H groups in total. The Bertz CT molecular complexity index is 1300. The molecule has 1 atom stereocenters. The topological polar surface area (TPSA) is 76.9 Å². The number of ether oxygens (including phenoxy) is 2. The van der Waals surface area contributed by atoms with E-state index in [1.54, 1.807) is 26.0 Å². The highest BCUT2D eigenvalue weighted by Crippen LogP contribution is 2.41. The number of aryl methyl sites for hydroxylation is 1. The molecule has 8 nitrogen and oxygen atoms in total. The fourth-order valence-electron chi connectivity index (χ4n) is 5.87. The lowest BCUT2D eigenvalue weighted by Crippen LogP contribution is -2.32. The van der Waals surface area contributed by atoms with Gasteiger partial charge in [0.15, 0.2) is 0 Å². The molecule has 1 amide bonds. The van der Waals surface area contributed by atoms with Gasteiger partial charge in [-0.15, -0.1) is 0 Å². The van der Waals surface area contributed by atoms with Gasteiger partial charge in [0, 0.05) is 49.7 Å². The largest absolute Gasteiger partial charge is 0.497 e. The fraction of sp³-hybridized carbons (Fsp3) is 0.485. The smallest absolute Gasteiger partial charge is 0.307 e. The van der Waals surface area contributed by atoms with Crippen LogP contribution in [-0.2, 0) is 16.0 Å². The predicted octanol–water partition coefficient (Wildman–Crippen LogP) is 6.23. The van der Waals surface area contributed by atoms with Crippen LogP contribution in [0.2, 0.25) is 0 Å². The summed E-state index contributed by atoms with van der Waals surface area (Å²) in [6.07, 6.45) is 9.36. The average Bonchev–Trinajstić information content (AvgIpc) is 3.44. The molecule has 1 fully saturated rings. The Kier molecular flexibility index (Phi) is 10.4. The minimum absolute atomic E-state index is 0.111. The number of anilines is 1. The zero-order chi connectivity index (χ0) is 29.4. The van der Waals surface area contributed by atoms with Crippen LogP contribution in [0, 0.1) is 5.92 Å². The van der Waals surface area contributed by atoms with Crippen molar-refractivity contribution in [3.05, 3.63) is 71.5 Å². The quantitative estimate of drug-likeness (QED) is 0.245. The molecule has 1 heterocycles. The van der Waals surface area contributed by atoms with Crippen LogP contribution in [0.1, 0.15) is 80.0 Å². The SMILES string of the molecule is CCOC(=O)CCN(C)C(=O)c1ccc(N(C)C(c2cn(-c3cccc(OC)c3)nc2CC)C2CCCCC2)cc1. The first-order valence-corrected chi connectivity index (χ1v) is 14.8. The summed E-state index contributed by atoms with van der Waals surface area (Å²) in [5, 5.41) is 5.02. The number of nitrogens with zero attached hydrogens (tertiary/aromatic N) is 4. The summed E-state index contributed by atoms with van der Waals surface area (Å²) in [5.74, 6) is 0.913. The van der Waals surface area contributed by atoms with Crippen molar-refractivity contribution in [1.29, 1.82) is 0 Å². The zero-order valence-electron chi connectivity index (χ0n) is 25.1. The minimum Gasteiger partial charge on any atom is -0.497 e. The van der Waals surface area contributed by atoms with Crippen molar-refractivity contribution in [2.45, 2.75) is 64.8 Å². The number of aromatic nitrogens is 2. The summed E-state index contributed by atoms with van der Waals surface area (Å²) in [4.78, 5) is 28.7. The van der Waals surface area contributed by atoms with Gasteiger partial charge in [0.2, 0.25) is 0 Å². The molecule has 1 saturated carbocycles. The van der Waals surface area contributed by atoms with Crippen LogP contribution < -0.4 is 9.64 Å². The zero-order valence-corrected chi connectivity index (χ0v) is 25.1. The average molecular weight is 561 g/mol. The van der Waals surface area contributed by atoms with Crippen LogP contribution in [0.4, 0.5) is 5.69 Å². The third kappa shape index (κ3) is 7.29. The summed E-state index contributed by atoms with van der Waals surface area (Å²) in [6, 6.07) is 16.0. The number of esters is 1. The predicted molar refractivity (Wildman–Crippen MR) is 162 cm³/mol. The molecule has 0 aliphatic heterocycles. The Morgan fingerprint density at radius 3 is 2.44 bits per heavy atom. The second kappa shape index (κ2) is 14.2. The maximum absolute atomic E-state index is 13.0. The van der Waals surface area contributed by atoms with Crippen molar-refractivity contribution in [3.63, 3.8) is 0 Å². The number of methoxy groups -OCH3 is 1. The van der Waals surface area contributed by atoms with E-state index < -0.39 is 0 Å². The molecule has 1 aliphatic rings. The number of hydrogen-bond acceptors (Lipinski definition) is 6. The van der Waals surface area contributed by atoms with E-state index in [4.69, 9.17) is 14.6 Å². The molecule has 2 aromatic carbocycles. The van der Waals surface area contributed by atoms with Crippen molar-refractivity contribution < 1.29 is 19.1 Å². The maximum atomic E-state index is 13.0. The van der Waals surface area contributed by atoms with Gasteiger partial charge >= 0.3 is 5.97 Å². The molecule has 0 bridgehead atoms. The van der Waals surface area contributed by atoms with E-state index in [1.165, 1.54) is 37.7 Å². The third-order valence-electron chi connectivity index (χ3n) is 8.13. The molecule has 220 valence electrons. The minimum atomic E-state index is -0.293. The van der Waals surface area contributed by atoms with Gasteiger partial charge in [0.25, 0.3) is 5.91 Å². The van der Waals surface area contributed by atoms with Crippen LogP contribution in [0.25, 0.3) is 5.69 Å². The molecule has 0 saturated heterocycles. The lowest BCUT2D eigenvalue weighted by atomic mass is 9.80. The van der Waals surface area contributed by atoms with Gasteiger partial charge in [-0.05, 0) is 68.5 Å². The van der Waals surface area contributed by atoms with Crippen LogP contribution in [0.15, 0.2) is 54.7 Å². The fourth-order valence-corrected chi connectivity index (χ4v) is 5.87. The summed E-state index contributed by atoms with van der Waals surface area (Å²) >= 11 is 0. The first-order chi connectivity index (χ1) is 19.9. The van der Waals surface area contributed by atoms with Crippen LogP contribution in [-0.4, -0.2) is 60.9 Å². The molecule has 41 heavy (non-hydrogen) atoms. The molecule has 1 aromatic heterocycles. The Balaban J connectivity index is 1.59. The van der Waals surface area contributed by atoms with Crippen LogP contribution >= 0.6 is 0 Å². The van der Waals surface area contributed by atoms with Crippen molar-refractivity contribution in [3.8, 4) is 11.4 Å². The second-order valence-electron chi connectivity index (χ2n) is 10.8. The number of carbonyl (C=O) groups excluding carboxylic acids is 2. The summed E-state index contributed by atoms with van der Waals surface area (Å²) in [5.41, 5.74) is 4.99. The van der Waals surface area contributed by atoms with Gasteiger partial charge in [0.1, 0.15) is 5.75 Å².